The molecule has 2 atom stereocenters. The van der Waals surface area contributed by atoms with Crippen molar-refractivity contribution in [2.24, 2.45) is 0 Å². The number of rotatable bonds is 4. The first-order valence-electron chi connectivity index (χ1n) is 10.1. The first-order chi connectivity index (χ1) is 15.1. The topological polar surface area (TPSA) is 111 Å². The van der Waals surface area contributed by atoms with Crippen LogP contribution in [0.15, 0.2) is 23.0 Å². The summed E-state index contributed by atoms with van der Waals surface area (Å²) in [5.41, 5.74) is 2.05. The van der Waals surface area contributed by atoms with E-state index in [2.05, 4.69) is 20.0 Å². The van der Waals surface area contributed by atoms with Crippen molar-refractivity contribution >= 4 is 5.97 Å². The van der Waals surface area contributed by atoms with Crippen LogP contribution in [-0.2, 0) is 16.1 Å². The van der Waals surface area contributed by atoms with Crippen LogP contribution < -0.4 is 4.74 Å². The number of ether oxygens (including phenoxy) is 2. The van der Waals surface area contributed by atoms with Gasteiger partial charge in [-0.1, -0.05) is 5.16 Å². The van der Waals surface area contributed by atoms with E-state index in [1.807, 2.05) is 13.8 Å². The third-order valence-corrected chi connectivity index (χ3v) is 5.41. The Balaban J connectivity index is 0.000000360. The van der Waals surface area contributed by atoms with Crippen LogP contribution in [0.2, 0.25) is 0 Å². The molecule has 4 rings (SSSR count). The predicted molar refractivity (Wildman–Crippen MR) is 104 cm³/mol. The highest BCUT2D eigenvalue weighted by molar-refractivity contribution is 5.73. The van der Waals surface area contributed by atoms with Gasteiger partial charge in [0.25, 0.3) is 0 Å². The molecule has 32 heavy (non-hydrogen) atoms. The molecule has 9 nitrogen and oxygen atoms in total. The van der Waals surface area contributed by atoms with E-state index in [1.54, 1.807) is 18.5 Å². The first-order valence-corrected chi connectivity index (χ1v) is 10.1. The highest BCUT2D eigenvalue weighted by Gasteiger charge is 2.44. The molecule has 2 saturated heterocycles. The number of carbonyl (C=O) groups is 1. The lowest BCUT2D eigenvalue weighted by Gasteiger charge is -2.39. The molecule has 0 aliphatic carbocycles. The zero-order valence-electron chi connectivity index (χ0n) is 17.8. The molecule has 2 aliphatic heterocycles. The number of likely N-dealkylation sites (tertiary alicyclic amines) is 1. The fourth-order valence-corrected chi connectivity index (χ4v) is 3.93. The van der Waals surface area contributed by atoms with E-state index in [-0.39, 0.29) is 11.7 Å². The second kappa shape index (κ2) is 9.82. The highest BCUT2D eigenvalue weighted by atomic mass is 19.4. The Morgan fingerprint density at radius 2 is 2.03 bits per heavy atom. The number of halogens is 3. The molecule has 2 unspecified atom stereocenters. The Labute approximate surface area is 182 Å². The summed E-state index contributed by atoms with van der Waals surface area (Å²) in [6.07, 6.45) is 1.39. The molecular formula is C20H25F3N4O5. The third kappa shape index (κ3) is 6.16. The largest absolute Gasteiger partial charge is 0.490 e. The van der Waals surface area contributed by atoms with Crippen molar-refractivity contribution in [3.63, 3.8) is 0 Å². The van der Waals surface area contributed by atoms with E-state index >= 15 is 0 Å². The van der Waals surface area contributed by atoms with Crippen LogP contribution in [0.1, 0.15) is 36.3 Å². The molecule has 12 heteroatoms. The quantitative estimate of drug-likeness (QED) is 0.739. The summed E-state index contributed by atoms with van der Waals surface area (Å²) in [5, 5.41) is 11.2. The molecule has 2 aromatic rings. The van der Waals surface area contributed by atoms with Gasteiger partial charge in [-0.3, -0.25) is 4.90 Å². The van der Waals surface area contributed by atoms with Crippen LogP contribution in [0.5, 0.6) is 6.01 Å². The van der Waals surface area contributed by atoms with Crippen LogP contribution in [0, 0.1) is 13.8 Å². The van der Waals surface area contributed by atoms with Gasteiger partial charge >= 0.3 is 18.2 Å². The minimum absolute atomic E-state index is 0.0152. The van der Waals surface area contributed by atoms with Gasteiger partial charge in [-0.25, -0.2) is 14.8 Å². The minimum Gasteiger partial charge on any atom is -0.475 e. The van der Waals surface area contributed by atoms with Crippen LogP contribution >= 0.6 is 0 Å². The van der Waals surface area contributed by atoms with E-state index in [1.165, 1.54) is 5.56 Å². The van der Waals surface area contributed by atoms with Crippen molar-refractivity contribution in [2.45, 2.75) is 57.5 Å². The van der Waals surface area contributed by atoms with Crippen LogP contribution in [0.25, 0.3) is 0 Å². The van der Waals surface area contributed by atoms with Crippen molar-refractivity contribution < 1.29 is 37.1 Å². The Bertz CT molecular complexity index is 889. The standard InChI is InChI=1S/C18H24N4O3.C2HF3O2/c1-13-16(14(2)25-21-13)10-22-8-3-5-18(12-22)9-15(11-23-18)24-17-19-6-4-7-20-17;3-2(4,5)1(6)7/h4,6-7,15H,3,5,8-12H2,1-2H3;(H,6,7). The summed E-state index contributed by atoms with van der Waals surface area (Å²) in [4.78, 5) is 19.6. The Kier molecular flexibility index (Phi) is 7.34. The molecule has 0 aromatic carbocycles. The van der Waals surface area contributed by atoms with Crippen molar-refractivity contribution in [1.82, 2.24) is 20.0 Å². The minimum atomic E-state index is -5.08. The number of hydrogen-bond acceptors (Lipinski definition) is 8. The van der Waals surface area contributed by atoms with Gasteiger partial charge in [0.05, 0.1) is 17.9 Å². The van der Waals surface area contributed by atoms with Crippen LogP contribution in [-0.4, -0.2) is 68.7 Å². The Morgan fingerprint density at radius 1 is 1.34 bits per heavy atom. The van der Waals surface area contributed by atoms with Crippen molar-refractivity contribution in [3.05, 3.63) is 35.5 Å². The van der Waals surface area contributed by atoms with E-state index in [4.69, 9.17) is 23.9 Å². The predicted octanol–water partition coefficient (Wildman–Crippen LogP) is 2.92. The summed E-state index contributed by atoms with van der Waals surface area (Å²) >= 11 is 0. The summed E-state index contributed by atoms with van der Waals surface area (Å²) in [6, 6.07) is 2.21. The normalized spacial score (nSPS) is 23.6. The zero-order chi connectivity index (χ0) is 23.4. The third-order valence-electron chi connectivity index (χ3n) is 5.41. The van der Waals surface area contributed by atoms with E-state index in [0.717, 1.165) is 50.4 Å². The second-order valence-electron chi connectivity index (χ2n) is 7.89. The monoisotopic (exact) mass is 458 g/mol. The van der Waals surface area contributed by atoms with Gasteiger partial charge in [0.2, 0.25) is 0 Å². The molecule has 1 N–H and O–H groups in total. The van der Waals surface area contributed by atoms with Gasteiger partial charge in [0.15, 0.2) is 0 Å². The Hall–Kier alpha value is -2.73. The van der Waals surface area contributed by atoms with E-state index in [0.29, 0.717) is 12.6 Å². The molecule has 2 aromatic heterocycles. The lowest BCUT2D eigenvalue weighted by Crippen LogP contribution is -2.47. The van der Waals surface area contributed by atoms with Gasteiger partial charge in [0.1, 0.15) is 11.9 Å². The molecule has 1 spiro atoms. The van der Waals surface area contributed by atoms with Crippen LogP contribution in [0.4, 0.5) is 13.2 Å². The van der Waals surface area contributed by atoms with Gasteiger partial charge in [-0.2, -0.15) is 13.2 Å². The maximum atomic E-state index is 10.6. The number of alkyl halides is 3. The summed E-state index contributed by atoms with van der Waals surface area (Å²) < 4.78 is 49.1. The second-order valence-corrected chi connectivity index (χ2v) is 7.89. The van der Waals surface area contributed by atoms with E-state index < -0.39 is 12.1 Å². The van der Waals surface area contributed by atoms with Crippen molar-refractivity contribution in [2.75, 3.05) is 19.7 Å². The maximum absolute atomic E-state index is 10.6. The number of aromatic nitrogens is 3. The lowest BCUT2D eigenvalue weighted by molar-refractivity contribution is -0.192. The number of aryl methyl sites for hydroxylation is 2. The van der Waals surface area contributed by atoms with Gasteiger partial charge in [-0.15, -0.1) is 0 Å². The lowest BCUT2D eigenvalue weighted by atomic mass is 9.89. The van der Waals surface area contributed by atoms with E-state index in [9.17, 15) is 13.2 Å². The smallest absolute Gasteiger partial charge is 0.475 e. The average Bonchev–Trinajstić information content (AvgIpc) is 3.26. The maximum Gasteiger partial charge on any atom is 0.490 e. The molecule has 2 fully saturated rings. The number of nitrogens with zero attached hydrogens (tertiary/aromatic N) is 4. The highest BCUT2D eigenvalue weighted by Crippen LogP contribution is 2.36. The molecular weight excluding hydrogens is 433 g/mol. The number of carboxylic acids is 1. The SMILES string of the molecule is Cc1noc(C)c1CN1CCCC2(CC(Oc3ncccn3)CO2)C1.O=C(O)C(F)(F)F. The van der Waals surface area contributed by atoms with Crippen molar-refractivity contribution in [1.29, 1.82) is 0 Å². The summed E-state index contributed by atoms with van der Waals surface area (Å²) in [7, 11) is 0. The number of hydrogen-bond donors (Lipinski definition) is 1. The summed E-state index contributed by atoms with van der Waals surface area (Å²) in [5.74, 6) is -1.85. The summed E-state index contributed by atoms with van der Waals surface area (Å²) in [6.45, 7) is 7.41. The van der Waals surface area contributed by atoms with Crippen LogP contribution in [0.3, 0.4) is 0 Å². The molecule has 0 amide bonds. The zero-order valence-corrected chi connectivity index (χ0v) is 17.8. The molecule has 4 heterocycles. The average molecular weight is 458 g/mol. The number of carboxylic acid groups (broad SMARTS) is 1. The molecule has 2 aliphatic rings. The van der Waals surface area contributed by atoms with Crippen molar-refractivity contribution in [3.8, 4) is 6.01 Å². The first kappa shape index (κ1) is 23.9. The van der Waals surface area contributed by atoms with Gasteiger partial charge in [0, 0.05) is 37.5 Å². The molecule has 0 radical (unpaired) electrons. The fraction of sp³-hybridized carbons (Fsp3) is 0.600. The Morgan fingerprint density at radius 3 is 2.62 bits per heavy atom. The molecule has 0 bridgehead atoms. The molecule has 0 saturated carbocycles. The molecule has 176 valence electrons. The number of piperidine rings is 1. The number of aliphatic carboxylic acids is 1. The fourth-order valence-electron chi connectivity index (χ4n) is 3.93. The van der Waals surface area contributed by atoms with Gasteiger partial charge in [-0.05, 0) is 39.3 Å². The van der Waals surface area contributed by atoms with Gasteiger partial charge < -0.3 is 19.1 Å².